The normalized spacial score (nSPS) is 13.4. The van der Waals surface area contributed by atoms with Crippen LogP contribution >= 0.6 is 12.4 Å². The molecule has 0 rings (SSSR count). The van der Waals surface area contributed by atoms with Crippen molar-refractivity contribution in [3.8, 4) is 0 Å². The van der Waals surface area contributed by atoms with E-state index in [2.05, 4.69) is 27.7 Å². The molecule has 0 aliphatic carbocycles. The average Bonchev–Trinajstić information content (AvgIpc) is 2.09. The van der Waals surface area contributed by atoms with E-state index in [1.807, 2.05) is 0 Å². The molecule has 0 aromatic heterocycles. The van der Waals surface area contributed by atoms with Crippen molar-refractivity contribution in [3.05, 3.63) is 0 Å². The van der Waals surface area contributed by atoms with Gasteiger partial charge in [-0.15, -0.1) is 12.4 Å². The maximum atomic E-state index is 6.04. The highest BCUT2D eigenvalue weighted by molar-refractivity contribution is 5.85. The lowest BCUT2D eigenvalue weighted by atomic mass is 9.86. The zero-order valence-corrected chi connectivity index (χ0v) is 11.8. The van der Waals surface area contributed by atoms with Gasteiger partial charge in [-0.25, -0.2) is 0 Å². The van der Waals surface area contributed by atoms with Gasteiger partial charge in [0.1, 0.15) is 0 Å². The van der Waals surface area contributed by atoms with Gasteiger partial charge in [0, 0.05) is 5.54 Å². The first kappa shape index (κ1) is 17.6. The largest absolute Gasteiger partial charge is 0.325 e. The molecule has 0 bridgehead atoms. The molecule has 0 heterocycles. The van der Waals surface area contributed by atoms with Crippen LogP contribution < -0.4 is 5.73 Å². The van der Waals surface area contributed by atoms with Gasteiger partial charge in [-0.1, -0.05) is 52.4 Å². The molecule has 0 aromatic carbocycles. The molecule has 15 heavy (non-hydrogen) atoms. The van der Waals surface area contributed by atoms with Crippen LogP contribution in [0.1, 0.15) is 72.6 Å². The topological polar surface area (TPSA) is 26.0 Å². The van der Waals surface area contributed by atoms with Gasteiger partial charge in [-0.05, 0) is 26.2 Å². The van der Waals surface area contributed by atoms with E-state index in [-0.39, 0.29) is 17.9 Å². The van der Waals surface area contributed by atoms with E-state index in [0.29, 0.717) is 5.92 Å². The van der Waals surface area contributed by atoms with Crippen LogP contribution in [0.5, 0.6) is 0 Å². The maximum absolute atomic E-state index is 6.04. The first-order valence-corrected chi connectivity index (χ1v) is 6.27. The third kappa shape index (κ3) is 10.5. The lowest BCUT2D eigenvalue weighted by molar-refractivity contribution is 0.316. The fourth-order valence-electron chi connectivity index (χ4n) is 1.60. The van der Waals surface area contributed by atoms with Gasteiger partial charge in [0.15, 0.2) is 0 Å². The summed E-state index contributed by atoms with van der Waals surface area (Å²) in [6.07, 6.45) is 9.59. The molecule has 94 valence electrons. The summed E-state index contributed by atoms with van der Waals surface area (Å²) < 4.78 is 0. The zero-order valence-electron chi connectivity index (χ0n) is 11.0. The fourth-order valence-corrected chi connectivity index (χ4v) is 1.60. The third-order valence-corrected chi connectivity index (χ3v) is 3.26. The van der Waals surface area contributed by atoms with Crippen molar-refractivity contribution in [1.82, 2.24) is 0 Å². The molecular weight excluding hydrogens is 206 g/mol. The Labute approximate surface area is 103 Å². The zero-order chi connectivity index (χ0) is 11.0. The number of rotatable bonds is 8. The molecule has 2 heteroatoms. The molecule has 1 nitrogen and oxygen atoms in total. The smallest absolute Gasteiger partial charge is 0.0123 e. The highest BCUT2D eigenvalue weighted by Crippen LogP contribution is 2.20. The summed E-state index contributed by atoms with van der Waals surface area (Å²) in [5.74, 6) is 0.647. The molecule has 0 saturated heterocycles. The Morgan fingerprint density at radius 3 is 1.93 bits per heavy atom. The van der Waals surface area contributed by atoms with Gasteiger partial charge in [-0.3, -0.25) is 0 Å². The van der Waals surface area contributed by atoms with Crippen LogP contribution in [0.25, 0.3) is 0 Å². The monoisotopic (exact) mass is 235 g/mol. The van der Waals surface area contributed by atoms with Crippen molar-refractivity contribution in [2.24, 2.45) is 11.7 Å². The van der Waals surface area contributed by atoms with Crippen molar-refractivity contribution >= 4 is 12.4 Å². The van der Waals surface area contributed by atoms with Gasteiger partial charge < -0.3 is 5.73 Å². The van der Waals surface area contributed by atoms with Crippen LogP contribution in [0.3, 0.4) is 0 Å². The maximum Gasteiger partial charge on any atom is 0.0123 e. The number of unbranched alkanes of at least 4 members (excludes halogenated alkanes) is 5. The van der Waals surface area contributed by atoms with E-state index in [1.165, 1.54) is 44.9 Å². The Morgan fingerprint density at radius 1 is 1.00 bits per heavy atom. The van der Waals surface area contributed by atoms with E-state index in [1.54, 1.807) is 0 Å². The molecule has 0 radical (unpaired) electrons. The minimum atomic E-state index is 0. The predicted molar refractivity (Wildman–Crippen MR) is 72.7 cm³/mol. The quantitative estimate of drug-likeness (QED) is 0.615. The average molecular weight is 236 g/mol. The van der Waals surface area contributed by atoms with Crippen LogP contribution in [0.4, 0.5) is 0 Å². The van der Waals surface area contributed by atoms with E-state index in [0.717, 1.165) is 0 Å². The Bertz CT molecular complexity index is 129. The van der Waals surface area contributed by atoms with E-state index < -0.39 is 0 Å². The summed E-state index contributed by atoms with van der Waals surface area (Å²) in [5, 5.41) is 0. The second kappa shape index (κ2) is 9.47. The highest BCUT2D eigenvalue weighted by Gasteiger charge is 2.19. The molecule has 2 N–H and O–H groups in total. The second-order valence-corrected chi connectivity index (χ2v) is 5.28. The predicted octanol–water partition coefficient (Wildman–Crippen LogP) is 4.53. The van der Waals surface area contributed by atoms with E-state index in [9.17, 15) is 0 Å². The summed E-state index contributed by atoms with van der Waals surface area (Å²) in [6.45, 7) is 8.80. The lowest BCUT2D eigenvalue weighted by Gasteiger charge is -2.27. The van der Waals surface area contributed by atoms with Gasteiger partial charge in [-0.2, -0.15) is 0 Å². The first-order valence-electron chi connectivity index (χ1n) is 6.27. The van der Waals surface area contributed by atoms with Crippen molar-refractivity contribution in [3.63, 3.8) is 0 Å². The molecule has 1 atom stereocenters. The summed E-state index contributed by atoms with van der Waals surface area (Å²) in [4.78, 5) is 0. The van der Waals surface area contributed by atoms with Gasteiger partial charge in [0.05, 0.1) is 0 Å². The molecule has 0 spiro atoms. The molecule has 0 aliphatic rings. The molecule has 0 saturated carbocycles. The van der Waals surface area contributed by atoms with Gasteiger partial charge in [0.2, 0.25) is 0 Å². The van der Waals surface area contributed by atoms with E-state index in [4.69, 9.17) is 5.73 Å². The SMILES string of the molecule is CCCCCCCCC(C)C(C)(C)N.Cl. The van der Waals surface area contributed by atoms with Gasteiger partial charge >= 0.3 is 0 Å². The highest BCUT2D eigenvalue weighted by atomic mass is 35.5. The van der Waals surface area contributed by atoms with Crippen LogP contribution in [-0.4, -0.2) is 5.54 Å². The second-order valence-electron chi connectivity index (χ2n) is 5.28. The Kier molecular flexibility index (Phi) is 11.1. The minimum absolute atomic E-state index is 0. The number of nitrogens with two attached hydrogens (primary N) is 1. The first-order chi connectivity index (χ1) is 6.48. The van der Waals surface area contributed by atoms with Gasteiger partial charge in [0.25, 0.3) is 0 Å². The number of hydrogen-bond donors (Lipinski definition) is 1. The van der Waals surface area contributed by atoms with Crippen LogP contribution in [0.15, 0.2) is 0 Å². The van der Waals surface area contributed by atoms with Crippen molar-refractivity contribution in [2.45, 2.75) is 78.2 Å². The Hall–Kier alpha value is 0.250. The van der Waals surface area contributed by atoms with Crippen molar-refractivity contribution < 1.29 is 0 Å². The molecular formula is C13H30ClN. The molecule has 0 aliphatic heterocycles. The van der Waals surface area contributed by atoms with Crippen molar-refractivity contribution in [2.75, 3.05) is 0 Å². The van der Waals surface area contributed by atoms with Crippen LogP contribution in [-0.2, 0) is 0 Å². The number of halogens is 1. The van der Waals surface area contributed by atoms with Crippen LogP contribution in [0, 0.1) is 5.92 Å². The third-order valence-electron chi connectivity index (χ3n) is 3.26. The summed E-state index contributed by atoms with van der Waals surface area (Å²) in [5.41, 5.74) is 6.04. The fraction of sp³-hybridized carbons (Fsp3) is 1.00. The van der Waals surface area contributed by atoms with Crippen molar-refractivity contribution in [1.29, 1.82) is 0 Å². The molecule has 1 unspecified atom stereocenters. The molecule has 0 fully saturated rings. The molecule has 0 amide bonds. The van der Waals surface area contributed by atoms with Crippen LogP contribution in [0.2, 0.25) is 0 Å². The lowest BCUT2D eigenvalue weighted by Crippen LogP contribution is -2.39. The summed E-state index contributed by atoms with van der Waals surface area (Å²) in [7, 11) is 0. The summed E-state index contributed by atoms with van der Waals surface area (Å²) >= 11 is 0. The Morgan fingerprint density at radius 2 is 1.47 bits per heavy atom. The minimum Gasteiger partial charge on any atom is -0.325 e. The summed E-state index contributed by atoms with van der Waals surface area (Å²) in [6, 6.07) is 0. The number of hydrogen-bond acceptors (Lipinski definition) is 1. The standard InChI is InChI=1S/C13H29N.ClH/c1-5-6-7-8-9-10-11-12(2)13(3,4)14;/h12H,5-11,14H2,1-4H3;1H. The van der Waals surface area contributed by atoms with E-state index >= 15 is 0 Å². The molecule has 0 aromatic rings. The Balaban J connectivity index is 0.